The summed E-state index contributed by atoms with van der Waals surface area (Å²) in [4.78, 5) is 0. The van der Waals surface area contributed by atoms with Gasteiger partial charge in [-0.3, -0.25) is 0 Å². The SMILES string of the molecule is C=CCc1ccc2c(c1OCC[NH2+]CC)OCCO2.[Cl-]. The lowest BCUT2D eigenvalue weighted by Crippen LogP contribution is -3.00. The van der Waals surface area contributed by atoms with Crippen molar-refractivity contribution in [2.75, 3.05) is 32.9 Å². The van der Waals surface area contributed by atoms with Crippen LogP contribution in [0, 0.1) is 0 Å². The number of rotatable bonds is 7. The molecule has 5 heteroatoms. The van der Waals surface area contributed by atoms with Gasteiger partial charge < -0.3 is 31.9 Å². The van der Waals surface area contributed by atoms with Gasteiger partial charge in [0.05, 0.1) is 6.54 Å². The summed E-state index contributed by atoms with van der Waals surface area (Å²) in [5.74, 6) is 2.32. The first kappa shape index (κ1) is 16.7. The Balaban J connectivity index is 0.00000200. The van der Waals surface area contributed by atoms with E-state index in [1.54, 1.807) is 0 Å². The van der Waals surface area contributed by atoms with Crippen LogP contribution in [0.25, 0.3) is 0 Å². The lowest BCUT2D eigenvalue weighted by molar-refractivity contribution is -0.652. The number of likely N-dealkylation sites (N-methyl/N-ethyl adjacent to an activating group) is 1. The molecule has 1 aliphatic rings. The Bertz CT molecular complexity index is 437. The first-order valence-electron chi connectivity index (χ1n) is 6.83. The van der Waals surface area contributed by atoms with E-state index in [9.17, 15) is 0 Å². The molecule has 112 valence electrons. The molecule has 0 atom stereocenters. The van der Waals surface area contributed by atoms with Crippen LogP contribution in [0.3, 0.4) is 0 Å². The molecule has 1 aromatic rings. The quantitative estimate of drug-likeness (QED) is 0.475. The maximum Gasteiger partial charge on any atom is 0.204 e. The van der Waals surface area contributed by atoms with E-state index in [0.717, 1.165) is 42.3 Å². The fourth-order valence-electron chi connectivity index (χ4n) is 2.05. The molecule has 0 unspecified atom stereocenters. The van der Waals surface area contributed by atoms with Gasteiger partial charge in [-0.05, 0) is 19.4 Å². The Kier molecular flexibility index (Phi) is 7.26. The maximum atomic E-state index is 5.91. The van der Waals surface area contributed by atoms with Gasteiger partial charge in [-0.25, -0.2) is 0 Å². The van der Waals surface area contributed by atoms with Crippen LogP contribution in [0.4, 0.5) is 0 Å². The maximum absolute atomic E-state index is 5.91. The van der Waals surface area contributed by atoms with Crippen LogP contribution < -0.4 is 31.9 Å². The molecule has 4 nitrogen and oxygen atoms in total. The van der Waals surface area contributed by atoms with Gasteiger partial charge in [-0.15, -0.1) is 6.58 Å². The molecule has 0 radical (unpaired) electrons. The molecule has 0 aromatic heterocycles. The van der Waals surface area contributed by atoms with Crippen molar-refractivity contribution in [3.05, 3.63) is 30.4 Å². The summed E-state index contributed by atoms with van der Waals surface area (Å²) in [6, 6.07) is 3.96. The van der Waals surface area contributed by atoms with Gasteiger partial charge in [0.25, 0.3) is 0 Å². The van der Waals surface area contributed by atoms with Crippen molar-refractivity contribution >= 4 is 0 Å². The third-order valence-corrected chi connectivity index (χ3v) is 2.97. The number of nitrogens with two attached hydrogens (primary N) is 1. The third-order valence-electron chi connectivity index (χ3n) is 2.97. The molecular weight excluding hydrogens is 278 g/mol. The monoisotopic (exact) mass is 299 g/mol. The van der Waals surface area contributed by atoms with E-state index in [-0.39, 0.29) is 12.4 Å². The van der Waals surface area contributed by atoms with Crippen LogP contribution >= 0.6 is 0 Å². The molecule has 1 heterocycles. The second-order valence-corrected chi connectivity index (χ2v) is 4.40. The molecule has 0 bridgehead atoms. The zero-order chi connectivity index (χ0) is 13.5. The van der Waals surface area contributed by atoms with Crippen LogP contribution in [-0.2, 0) is 6.42 Å². The summed E-state index contributed by atoms with van der Waals surface area (Å²) in [6.07, 6.45) is 2.64. The number of hydrogen-bond donors (Lipinski definition) is 1. The summed E-state index contributed by atoms with van der Waals surface area (Å²) < 4.78 is 17.2. The van der Waals surface area contributed by atoms with Crippen molar-refractivity contribution in [3.8, 4) is 17.2 Å². The van der Waals surface area contributed by atoms with Crippen molar-refractivity contribution in [2.45, 2.75) is 13.3 Å². The highest BCUT2D eigenvalue weighted by Gasteiger charge is 2.20. The van der Waals surface area contributed by atoms with Gasteiger partial charge in [0, 0.05) is 5.56 Å². The van der Waals surface area contributed by atoms with Crippen LogP contribution in [0.2, 0.25) is 0 Å². The van der Waals surface area contributed by atoms with E-state index in [2.05, 4.69) is 18.8 Å². The Morgan fingerprint density at radius 1 is 1.35 bits per heavy atom. The second-order valence-electron chi connectivity index (χ2n) is 4.40. The zero-order valence-corrected chi connectivity index (χ0v) is 12.6. The number of benzene rings is 1. The average molecular weight is 300 g/mol. The molecule has 0 saturated heterocycles. The normalized spacial score (nSPS) is 12.4. The molecule has 1 aromatic carbocycles. The Morgan fingerprint density at radius 2 is 2.15 bits per heavy atom. The van der Waals surface area contributed by atoms with Crippen molar-refractivity contribution in [3.63, 3.8) is 0 Å². The van der Waals surface area contributed by atoms with Crippen LogP contribution in [0.15, 0.2) is 24.8 Å². The fourth-order valence-corrected chi connectivity index (χ4v) is 2.05. The van der Waals surface area contributed by atoms with Crippen molar-refractivity contribution in [1.29, 1.82) is 0 Å². The predicted octanol–water partition coefficient (Wildman–Crippen LogP) is -1.85. The molecular formula is C15H22ClNO3. The largest absolute Gasteiger partial charge is 1.00 e. The minimum absolute atomic E-state index is 0. The lowest BCUT2D eigenvalue weighted by atomic mass is 10.1. The van der Waals surface area contributed by atoms with Crippen molar-refractivity contribution < 1.29 is 31.9 Å². The molecule has 20 heavy (non-hydrogen) atoms. The topological polar surface area (TPSA) is 44.3 Å². The lowest BCUT2D eigenvalue weighted by Gasteiger charge is -2.22. The number of quaternary nitrogens is 1. The van der Waals surface area contributed by atoms with E-state index in [4.69, 9.17) is 14.2 Å². The zero-order valence-electron chi connectivity index (χ0n) is 11.9. The van der Waals surface area contributed by atoms with E-state index < -0.39 is 0 Å². The highest BCUT2D eigenvalue weighted by Crippen LogP contribution is 2.42. The molecule has 0 amide bonds. The van der Waals surface area contributed by atoms with Gasteiger partial charge in [0.2, 0.25) is 5.75 Å². The summed E-state index contributed by atoms with van der Waals surface area (Å²) in [5, 5.41) is 2.21. The molecule has 1 aliphatic heterocycles. The van der Waals surface area contributed by atoms with Gasteiger partial charge >= 0.3 is 0 Å². The van der Waals surface area contributed by atoms with E-state index in [0.29, 0.717) is 19.8 Å². The number of halogens is 1. The van der Waals surface area contributed by atoms with Crippen LogP contribution in [-0.4, -0.2) is 32.9 Å². The van der Waals surface area contributed by atoms with Crippen LogP contribution in [0.1, 0.15) is 12.5 Å². The number of fused-ring (bicyclic) bond motifs is 1. The number of allylic oxidation sites excluding steroid dienone is 1. The average Bonchev–Trinajstić information content (AvgIpc) is 2.45. The summed E-state index contributed by atoms with van der Waals surface area (Å²) in [7, 11) is 0. The standard InChI is InChI=1S/C15H21NO3.ClH/c1-3-5-12-6-7-13-15(19-11-10-17-13)14(12)18-9-8-16-4-2;/h3,6-7,16H,1,4-5,8-11H2,2H3;1H. The first-order valence-corrected chi connectivity index (χ1v) is 6.83. The van der Waals surface area contributed by atoms with E-state index >= 15 is 0 Å². The van der Waals surface area contributed by atoms with E-state index in [1.165, 1.54) is 0 Å². The van der Waals surface area contributed by atoms with E-state index in [1.807, 2.05) is 18.2 Å². The Labute approximate surface area is 126 Å². The van der Waals surface area contributed by atoms with Crippen molar-refractivity contribution in [2.24, 2.45) is 0 Å². The molecule has 0 fully saturated rings. The summed E-state index contributed by atoms with van der Waals surface area (Å²) >= 11 is 0. The minimum atomic E-state index is 0. The summed E-state index contributed by atoms with van der Waals surface area (Å²) in [6.45, 7) is 9.75. The van der Waals surface area contributed by atoms with Crippen LogP contribution in [0.5, 0.6) is 17.2 Å². The fraction of sp³-hybridized carbons (Fsp3) is 0.467. The predicted molar refractivity (Wildman–Crippen MR) is 74.2 cm³/mol. The molecule has 2 N–H and O–H groups in total. The Morgan fingerprint density at radius 3 is 2.90 bits per heavy atom. The highest BCUT2D eigenvalue weighted by molar-refractivity contribution is 5.56. The van der Waals surface area contributed by atoms with Gasteiger partial charge in [-0.1, -0.05) is 12.1 Å². The molecule has 0 spiro atoms. The molecule has 0 aliphatic carbocycles. The highest BCUT2D eigenvalue weighted by atomic mass is 35.5. The minimum Gasteiger partial charge on any atom is -1.00 e. The smallest absolute Gasteiger partial charge is 0.204 e. The van der Waals surface area contributed by atoms with Gasteiger partial charge in [-0.2, -0.15) is 0 Å². The number of ether oxygens (including phenoxy) is 3. The molecule has 0 saturated carbocycles. The second kappa shape index (κ2) is 8.72. The summed E-state index contributed by atoms with van der Waals surface area (Å²) in [5.41, 5.74) is 1.09. The van der Waals surface area contributed by atoms with Crippen molar-refractivity contribution in [1.82, 2.24) is 0 Å². The van der Waals surface area contributed by atoms with Gasteiger partial charge in [0.1, 0.15) is 26.4 Å². The third kappa shape index (κ3) is 4.05. The molecule has 2 rings (SSSR count). The van der Waals surface area contributed by atoms with Gasteiger partial charge in [0.15, 0.2) is 11.5 Å². The Hall–Kier alpha value is -1.39. The number of hydrogen-bond acceptors (Lipinski definition) is 3. The first-order chi connectivity index (χ1) is 9.36.